The molecule has 5 heteroatoms. The molecule has 0 unspecified atom stereocenters. The summed E-state index contributed by atoms with van der Waals surface area (Å²) in [6.07, 6.45) is -1.08. The minimum atomic E-state index is -1.08. The van der Waals surface area contributed by atoms with Crippen LogP contribution in [0.3, 0.4) is 0 Å². The molecule has 0 aliphatic rings. The zero-order valence-corrected chi connectivity index (χ0v) is 9.08. The van der Waals surface area contributed by atoms with E-state index >= 15 is 0 Å². The zero-order chi connectivity index (χ0) is 10.7. The Bertz CT molecular complexity index is 336. The second-order valence-electron chi connectivity index (χ2n) is 2.84. The smallest absolute Gasteiger partial charge is 0.407 e. The molecule has 0 bridgehead atoms. The fourth-order valence-corrected chi connectivity index (χ4v) is 1.46. The van der Waals surface area contributed by atoms with E-state index in [1.54, 1.807) is 12.1 Å². The molecule has 0 fully saturated rings. The van der Waals surface area contributed by atoms with Gasteiger partial charge in [-0.3, -0.25) is 0 Å². The van der Waals surface area contributed by atoms with Crippen LogP contribution in [0, 0.1) is 5.82 Å². The third-order valence-corrected chi connectivity index (χ3v) is 2.53. The van der Waals surface area contributed by atoms with Gasteiger partial charge >= 0.3 is 6.09 Å². The van der Waals surface area contributed by atoms with Crippen molar-refractivity contribution in [3.63, 3.8) is 0 Å². The normalized spacial score (nSPS) is 9.93. The molecule has 1 aromatic rings. The van der Waals surface area contributed by atoms with Crippen molar-refractivity contribution in [3.8, 4) is 0 Å². The van der Waals surface area contributed by atoms with Crippen molar-refractivity contribution in [1.29, 1.82) is 0 Å². The van der Waals surface area contributed by atoms with Gasteiger partial charge in [-0.15, -0.1) is 0 Å². The molecule has 0 radical (unpaired) electrons. The zero-order valence-electron chi connectivity index (χ0n) is 7.50. The predicted molar refractivity (Wildman–Crippen MR) is 53.6 cm³/mol. The molecule has 0 saturated heterocycles. The topological polar surface area (TPSA) is 40.5 Å². The van der Waals surface area contributed by atoms with Crippen molar-refractivity contribution in [2.75, 3.05) is 7.05 Å². The molecule has 1 aromatic carbocycles. The SMILES string of the molecule is CN(Cc1c(F)cccc1Br)C(=O)O. The number of hydrogen-bond acceptors (Lipinski definition) is 1. The Morgan fingerprint density at radius 3 is 2.79 bits per heavy atom. The molecule has 1 amide bonds. The predicted octanol–water partition coefficient (Wildman–Crippen LogP) is 2.70. The van der Waals surface area contributed by atoms with E-state index < -0.39 is 11.9 Å². The third kappa shape index (κ3) is 2.45. The maximum Gasteiger partial charge on any atom is 0.407 e. The summed E-state index contributed by atoms with van der Waals surface area (Å²) in [7, 11) is 1.39. The average molecular weight is 262 g/mol. The highest BCUT2D eigenvalue weighted by Crippen LogP contribution is 2.20. The Balaban J connectivity index is 2.91. The van der Waals surface area contributed by atoms with Crippen LogP contribution in [0.4, 0.5) is 9.18 Å². The highest BCUT2D eigenvalue weighted by molar-refractivity contribution is 9.10. The van der Waals surface area contributed by atoms with Crippen LogP contribution in [0.5, 0.6) is 0 Å². The first kappa shape index (κ1) is 11.0. The lowest BCUT2D eigenvalue weighted by Crippen LogP contribution is -2.24. The van der Waals surface area contributed by atoms with Crippen LogP contribution in [-0.2, 0) is 6.54 Å². The number of amides is 1. The molecule has 76 valence electrons. The van der Waals surface area contributed by atoms with Gasteiger partial charge < -0.3 is 10.0 Å². The third-order valence-electron chi connectivity index (χ3n) is 1.78. The summed E-state index contributed by atoms with van der Waals surface area (Å²) in [6.45, 7) is 0.0303. The molecule has 0 saturated carbocycles. The Hall–Kier alpha value is -1.10. The van der Waals surface area contributed by atoms with Crippen molar-refractivity contribution in [1.82, 2.24) is 4.90 Å². The van der Waals surface area contributed by atoms with E-state index in [9.17, 15) is 9.18 Å². The quantitative estimate of drug-likeness (QED) is 0.890. The largest absolute Gasteiger partial charge is 0.465 e. The first-order valence-electron chi connectivity index (χ1n) is 3.89. The molecular weight excluding hydrogens is 253 g/mol. The number of carboxylic acid groups (broad SMARTS) is 1. The van der Waals surface area contributed by atoms with Gasteiger partial charge in [0.05, 0.1) is 6.54 Å². The molecule has 0 aliphatic heterocycles. The molecule has 14 heavy (non-hydrogen) atoms. The minimum Gasteiger partial charge on any atom is -0.465 e. The van der Waals surface area contributed by atoms with Gasteiger partial charge in [0, 0.05) is 17.1 Å². The van der Waals surface area contributed by atoms with E-state index in [1.807, 2.05) is 0 Å². The number of benzene rings is 1. The van der Waals surface area contributed by atoms with Gasteiger partial charge in [-0.1, -0.05) is 22.0 Å². The van der Waals surface area contributed by atoms with Crippen LogP contribution >= 0.6 is 15.9 Å². The maximum absolute atomic E-state index is 13.2. The monoisotopic (exact) mass is 261 g/mol. The van der Waals surface area contributed by atoms with Crippen molar-refractivity contribution in [2.24, 2.45) is 0 Å². The highest BCUT2D eigenvalue weighted by Gasteiger charge is 2.12. The first-order chi connectivity index (χ1) is 6.52. The lowest BCUT2D eigenvalue weighted by Gasteiger charge is -2.14. The summed E-state index contributed by atoms with van der Waals surface area (Å²) in [4.78, 5) is 11.5. The standard InChI is InChI=1S/C9H9BrFNO2/c1-12(9(13)14)5-6-7(10)3-2-4-8(6)11/h2-4H,5H2,1H3,(H,13,14). The molecule has 0 aromatic heterocycles. The van der Waals surface area contributed by atoms with Crippen molar-refractivity contribution in [3.05, 3.63) is 34.1 Å². The van der Waals surface area contributed by atoms with Gasteiger partial charge in [-0.25, -0.2) is 9.18 Å². The van der Waals surface area contributed by atoms with Crippen LogP contribution in [-0.4, -0.2) is 23.1 Å². The van der Waals surface area contributed by atoms with Gasteiger partial charge in [0.2, 0.25) is 0 Å². The van der Waals surface area contributed by atoms with Crippen molar-refractivity contribution in [2.45, 2.75) is 6.54 Å². The van der Waals surface area contributed by atoms with Crippen LogP contribution in [0.25, 0.3) is 0 Å². The lowest BCUT2D eigenvalue weighted by atomic mass is 10.2. The molecule has 0 aliphatic carbocycles. The first-order valence-corrected chi connectivity index (χ1v) is 4.68. The van der Waals surface area contributed by atoms with E-state index in [2.05, 4.69) is 15.9 Å². The fraction of sp³-hybridized carbons (Fsp3) is 0.222. The molecule has 1 rings (SSSR count). The summed E-state index contributed by atoms with van der Waals surface area (Å²) in [5, 5.41) is 8.61. The van der Waals surface area contributed by atoms with Crippen LogP contribution in [0.1, 0.15) is 5.56 Å². The lowest BCUT2D eigenvalue weighted by molar-refractivity contribution is 0.153. The number of carbonyl (C=O) groups is 1. The molecule has 0 atom stereocenters. The highest BCUT2D eigenvalue weighted by atomic mass is 79.9. The summed E-state index contributed by atoms with van der Waals surface area (Å²) >= 11 is 3.17. The minimum absolute atomic E-state index is 0.0303. The van der Waals surface area contributed by atoms with Crippen molar-refractivity contribution >= 4 is 22.0 Å². The summed E-state index contributed by atoms with van der Waals surface area (Å²) in [5.41, 5.74) is 0.345. The van der Waals surface area contributed by atoms with Crippen molar-refractivity contribution < 1.29 is 14.3 Å². The van der Waals surface area contributed by atoms with Gasteiger partial charge in [0.25, 0.3) is 0 Å². The Labute approximate surface area is 89.3 Å². The Morgan fingerprint density at radius 2 is 2.29 bits per heavy atom. The van der Waals surface area contributed by atoms with Gasteiger partial charge in [-0.2, -0.15) is 0 Å². The van der Waals surface area contributed by atoms with Crippen LogP contribution in [0.15, 0.2) is 22.7 Å². The number of halogens is 2. The van der Waals surface area contributed by atoms with E-state index in [1.165, 1.54) is 13.1 Å². The molecule has 1 N–H and O–H groups in total. The molecule has 3 nitrogen and oxygen atoms in total. The van der Waals surface area contributed by atoms with E-state index in [0.717, 1.165) is 4.90 Å². The van der Waals surface area contributed by atoms with Crippen LogP contribution in [0.2, 0.25) is 0 Å². The Morgan fingerprint density at radius 1 is 1.64 bits per heavy atom. The number of rotatable bonds is 2. The second kappa shape index (κ2) is 4.41. The Kier molecular flexibility index (Phi) is 3.46. The van der Waals surface area contributed by atoms with Gasteiger partial charge in [-0.05, 0) is 12.1 Å². The second-order valence-corrected chi connectivity index (χ2v) is 3.69. The van der Waals surface area contributed by atoms with Gasteiger partial charge in [0.1, 0.15) is 5.82 Å². The number of hydrogen-bond donors (Lipinski definition) is 1. The summed E-state index contributed by atoms with van der Waals surface area (Å²) in [5.74, 6) is -0.410. The molecule has 0 spiro atoms. The van der Waals surface area contributed by atoms with Gasteiger partial charge in [0.15, 0.2) is 0 Å². The maximum atomic E-state index is 13.2. The van der Waals surface area contributed by atoms with E-state index in [-0.39, 0.29) is 6.54 Å². The average Bonchev–Trinajstić information content (AvgIpc) is 2.11. The summed E-state index contributed by atoms with van der Waals surface area (Å²) < 4.78 is 13.8. The number of nitrogens with zero attached hydrogens (tertiary/aromatic N) is 1. The fourth-order valence-electron chi connectivity index (χ4n) is 0.988. The summed E-state index contributed by atoms with van der Waals surface area (Å²) in [6, 6.07) is 4.54. The molecule has 0 heterocycles. The molecular formula is C9H9BrFNO2. The van der Waals surface area contributed by atoms with Crippen LogP contribution < -0.4 is 0 Å². The van der Waals surface area contributed by atoms with E-state index in [4.69, 9.17) is 5.11 Å². The van der Waals surface area contributed by atoms with E-state index in [0.29, 0.717) is 10.0 Å².